The molecule has 2 aromatic rings. The van der Waals surface area contributed by atoms with Crippen molar-refractivity contribution >= 4 is 17.2 Å². The highest BCUT2D eigenvalue weighted by atomic mass is 35.5. The van der Waals surface area contributed by atoms with Crippen LogP contribution in [0.1, 0.15) is 4.11 Å². The van der Waals surface area contributed by atoms with Crippen molar-refractivity contribution in [3.05, 3.63) is 35.7 Å². The van der Waals surface area contributed by atoms with E-state index in [0.717, 1.165) is 0 Å². The van der Waals surface area contributed by atoms with Gasteiger partial charge in [0.2, 0.25) is 0 Å². The molecule has 2 nitrogen and oxygen atoms in total. The molecule has 2 aromatic heterocycles. The van der Waals surface area contributed by atoms with E-state index < -0.39 is 0 Å². The summed E-state index contributed by atoms with van der Waals surface area (Å²) in [5.41, 5.74) is 0.311. The van der Waals surface area contributed by atoms with Crippen LogP contribution in [0.15, 0.2) is 30.5 Å². The van der Waals surface area contributed by atoms with Gasteiger partial charge < -0.3 is 0 Å². The molecule has 0 saturated heterocycles. The van der Waals surface area contributed by atoms with Crippen molar-refractivity contribution in [2.24, 2.45) is 0 Å². The summed E-state index contributed by atoms with van der Waals surface area (Å²) in [5, 5.41) is 0.119. The summed E-state index contributed by atoms with van der Waals surface area (Å²) in [6.45, 7) is 0. The largest absolute Gasteiger partial charge is 0.290 e. The van der Waals surface area contributed by atoms with Crippen molar-refractivity contribution in [2.45, 2.75) is 0 Å². The van der Waals surface area contributed by atoms with Gasteiger partial charge in [-0.25, -0.2) is 4.98 Å². The summed E-state index contributed by atoms with van der Waals surface area (Å²) in [4.78, 5) is 3.87. The minimum absolute atomic E-state index is 0.0700. The molecular weight excluding hydrogens is 148 g/mol. The Morgan fingerprint density at radius 2 is 2.50 bits per heavy atom. The maximum atomic E-state index is 7.49. The first-order chi connectivity index (χ1) is 6.13. The Morgan fingerprint density at radius 3 is 3.40 bits per heavy atom. The van der Waals surface area contributed by atoms with E-state index in [1.54, 1.807) is 6.20 Å². The Bertz CT molecular complexity index is 438. The van der Waals surface area contributed by atoms with Crippen LogP contribution in [0, 0.1) is 0 Å². The van der Waals surface area contributed by atoms with E-state index >= 15 is 0 Å². The van der Waals surface area contributed by atoms with E-state index in [1.807, 2.05) is 0 Å². The SMILES string of the molecule is [2H]c1c([2H])c(Cl)n2ccnc2c1[2H]. The van der Waals surface area contributed by atoms with E-state index in [2.05, 4.69) is 4.98 Å². The average Bonchev–Trinajstić information content (AvgIpc) is 2.59. The highest BCUT2D eigenvalue weighted by molar-refractivity contribution is 6.29. The van der Waals surface area contributed by atoms with Crippen LogP contribution in [0.3, 0.4) is 0 Å². The number of fused-ring (bicyclic) bond motifs is 1. The van der Waals surface area contributed by atoms with E-state index in [-0.39, 0.29) is 23.3 Å². The summed E-state index contributed by atoms with van der Waals surface area (Å²) in [5.74, 6) is 0. The number of aromatic nitrogens is 2. The lowest BCUT2D eigenvalue weighted by molar-refractivity contribution is 1.19. The fraction of sp³-hybridized carbons (Fsp3) is 0. The lowest BCUT2D eigenvalue weighted by atomic mass is 10.5. The predicted molar refractivity (Wildman–Crippen MR) is 40.2 cm³/mol. The molecule has 0 aliphatic carbocycles. The van der Waals surface area contributed by atoms with Gasteiger partial charge in [-0.1, -0.05) is 17.6 Å². The molecule has 0 saturated carbocycles. The lowest BCUT2D eigenvalue weighted by Crippen LogP contribution is -1.82. The van der Waals surface area contributed by atoms with Crippen molar-refractivity contribution in [1.29, 1.82) is 0 Å². The van der Waals surface area contributed by atoms with Gasteiger partial charge in [0.05, 0.1) is 4.11 Å². The third-order valence-corrected chi connectivity index (χ3v) is 1.47. The Morgan fingerprint density at radius 1 is 1.60 bits per heavy atom. The molecular formula is C7H5ClN2. The molecule has 0 aliphatic rings. The first-order valence-corrected chi connectivity index (χ1v) is 3.09. The first-order valence-electron chi connectivity index (χ1n) is 4.21. The quantitative estimate of drug-likeness (QED) is 0.532. The Hall–Kier alpha value is -1.02. The minimum Gasteiger partial charge on any atom is -0.290 e. The molecule has 50 valence electrons. The van der Waals surface area contributed by atoms with E-state index in [1.165, 1.54) is 10.6 Å². The fourth-order valence-corrected chi connectivity index (χ4v) is 0.937. The van der Waals surface area contributed by atoms with Crippen LogP contribution in [-0.4, -0.2) is 9.38 Å². The summed E-state index contributed by atoms with van der Waals surface area (Å²) in [6, 6.07) is -0.403. The zero-order chi connectivity index (χ0) is 9.59. The van der Waals surface area contributed by atoms with Gasteiger partial charge in [-0.3, -0.25) is 4.40 Å². The van der Waals surface area contributed by atoms with Crippen molar-refractivity contribution in [3.8, 4) is 0 Å². The molecule has 0 radical (unpaired) electrons. The average molecular weight is 156 g/mol. The summed E-state index contributed by atoms with van der Waals surface area (Å²) in [7, 11) is 0. The van der Waals surface area contributed by atoms with Crippen LogP contribution in [0.4, 0.5) is 0 Å². The zero-order valence-electron chi connectivity index (χ0n) is 7.93. The van der Waals surface area contributed by atoms with E-state index in [0.29, 0.717) is 5.65 Å². The normalized spacial score (nSPS) is 14.7. The number of rotatable bonds is 0. The Balaban J connectivity index is 3.02. The molecule has 2 rings (SSSR count). The number of hydrogen-bond acceptors (Lipinski definition) is 1. The third-order valence-electron chi connectivity index (χ3n) is 1.19. The predicted octanol–water partition coefficient (Wildman–Crippen LogP) is 1.99. The van der Waals surface area contributed by atoms with Crippen LogP contribution in [0.5, 0.6) is 0 Å². The fourth-order valence-electron chi connectivity index (χ4n) is 0.753. The maximum absolute atomic E-state index is 7.49. The van der Waals surface area contributed by atoms with Crippen LogP contribution in [0.25, 0.3) is 5.65 Å². The van der Waals surface area contributed by atoms with Gasteiger partial charge in [-0.05, 0) is 12.1 Å². The molecule has 0 N–H and O–H groups in total. The number of halogens is 1. The van der Waals surface area contributed by atoms with E-state index in [9.17, 15) is 0 Å². The van der Waals surface area contributed by atoms with Crippen molar-refractivity contribution < 1.29 is 4.11 Å². The highest BCUT2D eigenvalue weighted by Crippen LogP contribution is 2.09. The van der Waals surface area contributed by atoms with Gasteiger partial charge in [-0.2, -0.15) is 0 Å². The lowest BCUT2D eigenvalue weighted by Gasteiger charge is -1.93. The van der Waals surface area contributed by atoms with Crippen molar-refractivity contribution in [2.75, 3.05) is 0 Å². The number of imidazole rings is 1. The van der Waals surface area contributed by atoms with Crippen LogP contribution < -0.4 is 0 Å². The summed E-state index contributed by atoms with van der Waals surface area (Å²) < 4.78 is 23.7. The Labute approximate surface area is 67.3 Å². The molecule has 0 aromatic carbocycles. The van der Waals surface area contributed by atoms with E-state index in [4.69, 9.17) is 15.7 Å². The monoisotopic (exact) mass is 155 g/mol. The first kappa shape index (κ1) is 3.39. The zero-order valence-corrected chi connectivity index (χ0v) is 5.68. The summed E-state index contributed by atoms with van der Waals surface area (Å²) in [6.07, 6.45) is 3.05. The van der Waals surface area contributed by atoms with Gasteiger partial charge in [0.15, 0.2) is 0 Å². The molecule has 0 spiro atoms. The maximum Gasteiger partial charge on any atom is 0.137 e. The third kappa shape index (κ3) is 0.693. The standard InChI is InChI=1S/C7H5ClN2/c8-6-2-1-3-7-9-4-5-10(6)7/h1-5H/i1D,2D,3D. The van der Waals surface area contributed by atoms with Gasteiger partial charge in [0.25, 0.3) is 0 Å². The molecule has 0 unspecified atom stereocenters. The smallest absolute Gasteiger partial charge is 0.137 e. The van der Waals surface area contributed by atoms with Crippen LogP contribution >= 0.6 is 11.6 Å². The molecule has 3 heteroatoms. The second-order valence-electron chi connectivity index (χ2n) is 1.79. The number of nitrogens with zero attached hydrogens (tertiary/aromatic N) is 2. The van der Waals surface area contributed by atoms with Gasteiger partial charge in [0.1, 0.15) is 10.8 Å². The van der Waals surface area contributed by atoms with Crippen molar-refractivity contribution in [3.63, 3.8) is 0 Å². The topological polar surface area (TPSA) is 17.3 Å². The molecule has 0 fully saturated rings. The minimum atomic E-state index is -0.191. The number of pyridine rings is 1. The second-order valence-corrected chi connectivity index (χ2v) is 2.14. The molecule has 0 amide bonds. The van der Waals surface area contributed by atoms with Gasteiger partial charge >= 0.3 is 0 Å². The highest BCUT2D eigenvalue weighted by Gasteiger charge is 1.93. The molecule has 0 aliphatic heterocycles. The van der Waals surface area contributed by atoms with Crippen molar-refractivity contribution in [1.82, 2.24) is 9.38 Å². The number of hydrogen-bond donors (Lipinski definition) is 0. The van der Waals surface area contributed by atoms with Crippen LogP contribution in [0.2, 0.25) is 5.15 Å². The molecule has 10 heavy (non-hydrogen) atoms. The molecule has 2 heterocycles. The molecule has 0 atom stereocenters. The van der Waals surface area contributed by atoms with Gasteiger partial charge in [0, 0.05) is 12.4 Å². The Kier molecular flexibility index (Phi) is 0.675. The molecule has 0 bridgehead atoms. The summed E-state index contributed by atoms with van der Waals surface area (Å²) >= 11 is 5.78. The second kappa shape index (κ2) is 1.99. The van der Waals surface area contributed by atoms with Gasteiger partial charge in [-0.15, -0.1) is 0 Å². The van der Waals surface area contributed by atoms with Crippen LogP contribution in [-0.2, 0) is 0 Å².